The molecule has 0 aromatic heterocycles. The predicted octanol–water partition coefficient (Wildman–Crippen LogP) is 2.91. The van der Waals surface area contributed by atoms with E-state index in [0.717, 1.165) is 5.57 Å². The largest absolute Gasteiger partial charge is 0.317 e. The van der Waals surface area contributed by atoms with E-state index in [2.05, 4.69) is 6.08 Å². The van der Waals surface area contributed by atoms with Crippen molar-refractivity contribution in [2.24, 2.45) is 0 Å². The monoisotopic (exact) mass is 198 g/mol. The molecule has 0 saturated carbocycles. The molecule has 0 fully saturated rings. The van der Waals surface area contributed by atoms with Gasteiger partial charge in [0.25, 0.3) is 0 Å². The van der Waals surface area contributed by atoms with Crippen molar-refractivity contribution in [3.63, 3.8) is 0 Å². The van der Waals surface area contributed by atoms with E-state index in [4.69, 9.17) is 0 Å². The number of hydrogen-bond acceptors (Lipinski definition) is 2. The van der Waals surface area contributed by atoms with Gasteiger partial charge in [-0.3, -0.25) is 10.1 Å². The molecule has 0 N–H and O–H groups in total. The average molecular weight is 198 g/mol. The minimum absolute atomic E-state index is 0.111. The Labute approximate surface area is 87.2 Å². The standard InChI is InChI=1S/C12H8NO2/c14-13(15)12-9-5-4-8-11(12)10-6-2-1-3-7-10/h1-6,8-9H/q+1. The van der Waals surface area contributed by atoms with E-state index >= 15 is 0 Å². The first-order chi connectivity index (χ1) is 7.29. The van der Waals surface area contributed by atoms with Crippen LogP contribution < -0.4 is 0 Å². The van der Waals surface area contributed by atoms with E-state index in [-0.39, 0.29) is 10.6 Å². The van der Waals surface area contributed by atoms with Gasteiger partial charge in [-0.05, 0) is 6.07 Å². The molecule has 0 atom stereocenters. The lowest BCUT2D eigenvalue weighted by atomic mass is 10.0. The molecule has 1 aromatic carbocycles. The van der Waals surface area contributed by atoms with E-state index < -0.39 is 0 Å². The fourth-order valence-corrected chi connectivity index (χ4v) is 1.42. The van der Waals surface area contributed by atoms with Crippen molar-refractivity contribution in [1.82, 2.24) is 0 Å². The molecule has 0 amide bonds. The number of nitrogens with zero attached hydrogens (tertiary/aromatic N) is 1. The molecule has 0 unspecified atom stereocenters. The lowest BCUT2D eigenvalue weighted by Gasteiger charge is -1.96. The molecule has 3 heteroatoms. The third-order valence-corrected chi connectivity index (χ3v) is 2.10. The number of nitro benzene ring substituents is 1. The molecule has 0 bridgehead atoms. The Hall–Kier alpha value is -2.25. The van der Waals surface area contributed by atoms with Gasteiger partial charge in [0.05, 0.1) is 11.0 Å². The number of rotatable bonds is 2. The summed E-state index contributed by atoms with van der Waals surface area (Å²) in [5.74, 6) is 0. The van der Waals surface area contributed by atoms with Crippen molar-refractivity contribution in [3.05, 3.63) is 70.3 Å². The van der Waals surface area contributed by atoms with Gasteiger partial charge in [0, 0.05) is 30.4 Å². The molecule has 0 aliphatic heterocycles. The number of allylic oxidation sites excluding steroid dienone is 6. The number of para-hydroxylation sites is 1. The number of benzene rings is 1. The molecule has 0 spiro atoms. The van der Waals surface area contributed by atoms with Gasteiger partial charge >= 0.3 is 5.69 Å². The van der Waals surface area contributed by atoms with E-state index in [9.17, 15) is 10.1 Å². The van der Waals surface area contributed by atoms with Crippen molar-refractivity contribution in [2.75, 3.05) is 0 Å². The molecule has 1 aliphatic carbocycles. The molecule has 1 aromatic rings. The first-order valence-electron chi connectivity index (χ1n) is 4.49. The van der Waals surface area contributed by atoms with E-state index in [1.165, 1.54) is 6.07 Å². The zero-order valence-corrected chi connectivity index (χ0v) is 7.88. The number of nitro groups is 1. The second kappa shape index (κ2) is 3.86. The van der Waals surface area contributed by atoms with Gasteiger partial charge in [-0.25, -0.2) is 0 Å². The summed E-state index contributed by atoms with van der Waals surface area (Å²) in [6.45, 7) is 0. The Morgan fingerprint density at radius 2 is 2.00 bits per heavy atom. The highest BCUT2D eigenvalue weighted by molar-refractivity contribution is 5.79. The van der Waals surface area contributed by atoms with Gasteiger partial charge in [0.2, 0.25) is 0 Å². The van der Waals surface area contributed by atoms with Crippen LogP contribution in [0.2, 0.25) is 0 Å². The highest BCUT2D eigenvalue weighted by atomic mass is 16.6. The van der Waals surface area contributed by atoms with E-state index in [1.54, 1.807) is 24.3 Å². The summed E-state index contributed by atoms with van der Waals surface area (Å²) in [4.78, 5) is 10.4. The summed E-state index contributed by atoms with van der Waals surface area (Å²) in [7, 11) is 0. The van der Waals surface area contributed by atoms with Crippen molar-refractivity contribution < 1.29 is 4.92 Å². The second-order valence-corrected chi connectivity index (χ2v) is 3.05. The highest BCUT2D eigenvalue weighted by Crippen LogP contribution is 2.27. The molecule has 0 heterocycles. The molecule has 3 nitrogen and oxygen atoms in total. The maximum absolute atomic E-state index is 10.8. The van der Waals surface area contributed by atoms with Crippen LogP contribution in [-0.4, -0.2) is 4.92 Å². The minimum atomic E-state index is -0.379. The molecule has 72 valence electrons. The van der Waals surface area contributed by atoms with Crippen molar-refractivity contribution in [3.8, 4) is 0 Å². The van der Waals surface area contributed by atoms with Gasteiger partial charge in [0.1, 0.15) is 5.56 Å². The summed E-state index contributed by atoms with van der Waals surface area (Å²) in [6.07, 6.45) is 10.2. The molecule has 0 saturated heterocycles. The Morgan fingerprint density at radius 1 is 1.20 bits per heavy atom. The smallest absolute Gasteiger partial charge is 0.257 e. The first kappa shape index (κ1) is 9.31. The minimum Gasteiger partial charge on any atom is -0.257 e. The second-order valence-electron chi connectivity index (χ2n) is 3.05. The van der Waals surface area contributed by atoms with Crippen LogP contribution in [0, 0.1) is 16.2 Å². The SMILES string of the molecule is O=[N+]([O-])c1ccccc1C1=CC=CC=[C+]1. The predicted molar refractivity (Wildman–Crippen MR) is 58.0 cm³/mol. The maximum Gasteiger partial charge on any atom is 0.317 e. The zero-order valence-electron chi connectivity index (χ0n) is 7.88. The Kier molecular flexibility index (Phi) is 2.40. The fourth-order valence-electron chi connectivity index (χ4n) is 1.42. The van der Waals surface area contributed by atoms with Crippen LogP contribution in [0.15, 0.2) is 48.6 Å². The summed E-state index contributed by atoms with van der Waals surface area (Å²) >= 11 is 0. The van der Waals surface area contributed by atoms with Crippen molar-refractivity contribution in [1.29, 1.82) is 0 Å². The van der Waals surface area contributed by atoms with Crippen LogP contribution in [0.1, 0.15) is 5.56 Å². The highest BCUT2D eigenvalue weighted by Gasteiger charge is 2.21. The van der Waals surface area contributed by atoms with E-state index in [0.29, 0.717) is 5.56 Å². The summed E-state index contributed by atoms with van der Waals surface area (Å²) < 4.78 is 0. The molecule has 2 rings (SSSR count). The summed E-state index contributed by atoms with van der Waals surface area (Å²) in [5.41, 5.74) is 1.45. The summed E-state index contributed by atoms with van der Waals surface area (Å²) in [5, 5.41) is 10.8. The molecule has 0 radical (unpaired) electrons. The fraction of sp³-hybridized carbons (Fsp3) is 0. The van der Waals surface area contributed by atoms with E-state index in [1.807, 2.05) is 18.2 Å². The normalized spacial score (nSPS) is 13.2. The lowest BCUT2D eigenvalue weighted by Crippen LogP contribution is -1.94. The van der Waals surface area contributed by atoms with Crippen LogP contribution in [0.4, 0.5) is 5.69 Å². The van der Waals surface area contributed by atoms with Gasteiger partial charge in [-0.1, -0.05) is 12.1 Å². The van der Waals surface area contributed by atoms with Gasteiger partial charge < -0.3 is 0 Å². The third-order valence-electron chi connectivity index (χ3n) is 2.10. The number of hydrogen-bond donors (Lipinski definition) is 0. The Balaban J connectivity index is 2.53. The first-order valence-corrected chi connectivity index (χ1v) is 4.49. The molecular weight excluding hydrogens is 190 g/mol. The lowest BCUT2D eigenvalue weighted by molar-refractivity contribution is -0.385. The van der Waals surface area contributed by atoms with Gasteiger partial charge in [0.15, 0.2) is 5.57 Å². The average Bonchev–Trinajstić information content (AvgIpc) is 2.30. The Bertz CT molecular complexity index is 484. The summed E-state index contributed by atoms with van der Waals surface area (Å²) in [6, 6.07) is 6.66. The van der Waals surface area contributed by atoms with Crippen LogP contribution >= 0.6 is 0 Å². The van der Waals surface area contributed by atoms with Crippen LogP contribution in [0.5, 0.6) is 0 Å². The van der Waals surface area contributed by atoms with Gasteiger partial charge in [-0.2, -0.15) is 0 Å². The quantitative estimate of drug-likeness (QED) is 0.416. The van der Waals surface area contributed by atoms with Crippen LogP contribution in [-0.2, 0) is 0 Å². The van der Waals surface area contributed by atoms with Crippen molar-refractivity contribution >= 4 is 11.3 Å². The molecule has 1 aliphatic rings. The van der Waals surface area contributed by atoms with Crippen molar-refractivity contribution in [2.45, 2.75) is 0 Å². The molecular formula is C12H8NO2+. The van der Waals surface area contributed by atoms with Crippen LogP contribution in [0.3, 0.4) is 0 Å². The molecule has 15 heavy (non-hydrogen) atoms. The maximum atomic E-state index is 10.8. The topological polar surface area (TPSA) is 43.1 Å². The Morgan fingerprint density at radius 3 is 2.67 bits per heavy atom. The van der Waals surface area contributed by atoms with Gasteiger partial charge in [-0.15, -0.1) is 0 Å². The third kappa shape index (κ3) is 1.82. The zero-order chi connectivity index (χ0) is 10.7. The van der Waals surface area contributed by atoms with Crippen LogP contribution in [0.25, 0.3) is 5.57 Å².